The second-order valence-corrected chi connectivity index (χ2v) is 4.68. The molecule has 0 aliphatic carbocycles. The normalized spacial score (nSPS) is 14.6. The Balaban J connectivity index is 3.08. The van der Waals surface area contributed by atoms with E-state index < -0.39 is 5.67 Å². The second kappa shape index (κ2) is 6.55. The van der Waals surface area contributed by atoms with Crippen LogP contribution in [0.5, 0.6) is 0 Å². The molecular weight excluding hydrogens is 264 g/mol. The van der Waals surface area contributed by atoms with E-state index in [-0.39, 0.29) is 18.1 Å². The lowest BCUT2D eigenvalue weighted by molar-refractivity contribution is 0.0304. The van der Waals surface area contributed by atoms with E-state index in [0.717, 1.165) is 0 Å². The topological polar surface area (TPSA) is 35.2 Å². The number of hydrogen-bond acceptors (Lipinski definition) is 2. The van der Waals surface area contributed by atoms with Crippen LogP contribution >= 0.6 is 23.2 Å². The third-order valence-electron chi connectivity index (χ3n) is 2.58. The van der Waals surface area contributed by atoms with Crippen LogP contribution < -0.4 is 5.73 Å². The number of halogens is 3. The Hall–Kier alpha value is -0.350. The van der Waals surface area contributed by atoms with Crippen molar-refractivity contribution in [2.75, 3.05) is 20.3 Å². The van der Waals surface area contributed by atoms with Gasteiger partial charge in [-0.1, -0.05) is 35.3 Å². The summed E-state index contributed by atoms with van der Waals surface area (Å²) in [7, 11) is 1.45. The van der Waals surface area contributed by atoms with Gasteiger partial charge in [0.1, 0.15) is 0 Å². The van der Waals surface area contributed by atoms with Gasteiger partial charge in [0, 0.05) is 12.7 Å². The number of nitrogens with two attached hydrogens (primary N) is 1. The average molecular weight is 280 g/mol. The van der Waals surface area contributed by atoms with Gasteiger partial charge in [-0.3, -0.25) is 0 Å². The van der Waals surface area contributed by atoms with Crippen molar-refractivity contribution < 1.29 is 9.13 Å². The molecule has 1 rings (SSSR count). The fourth-order valence-electron chi connectivity index (χ4n) is 1.75. The molecular formula is C12H16Cl2FNO. The summed E-state index contributed by atoms with van der Waals surface area (Å²) < 4.78 is 19.8. The quantitative estimate of drug-likeness (QED) is 0.865. The molecule has 0 aromatic heterocycles. The molecule has 0 amide bonds. The molecule has 0 bridgehead atoms. The van der Waals surface area contributed by atoms with Gasteiger partial charge in [0.25, 0.3) is 0 Å². The molecule has 0 heterocycles. The van der Waals surface area contributed by atoms with Crippen molar-refractivity contribution in [1.29, 1.82) is 0 Å². The number of hydrogen-bond donors (Lipinski definition) is 1. The van der Waals surface area contributed by atoms with Crippen LogP contribution in [-0.2, 0) is 10.4 Å². The summed E-state index contributed by atoms with van der Waals surface area (Å²) in [6.45, 7) is 0.362. The summed E-state index contributed by atoms with van der Waals surface area (Å²) >= 11 is 11.9. The molecule has 17 heavy (non-hydrogen) atoms. The Labute approximate surface area is 111 Å². The molecule has 1 aromatic rings. The van der Waals surface area contributed by atoms with E-state index in [4.69, 9.17) is 33.7 Å². The van der Waals surface area contributed by atoms with Crippen molar-refractivity contribution in [1.82, 2.24) is 0 Å². The number of alkyl halides is 1. The van der Waals surface area contributed by atoms with E-state index in [0.29, 0.717) is 23.6 Å². The van der Waals surface area contributed by atoms with Crippen LogP contribution in [0, 0.1) is 0 Å². The molecule has 0 aliphatic rings. The third-order valence-corrected chi connectivity index (χ3v) is 3.40. The first-order chi connectivity index (χ1) is 8.05. The maximum absolute atomic E-state index is 14.8. The Morgan fingerprint density at radius 2 is 2.12 bits per heavy atom. The van der Waals surface area contributed by atoms with Crippen molar-refractivity contribution in [3.05, 3.63) is 33.8 Å². The van der Waals surface area contributed by atoms with E-state index in [1.54, 1.807) is 18.2 Å². The summed E-state index contributed by atoms with van der Waals surface area (Å²) in [5, 5.41) is 0.584. The average Bonchev–Trinajstić information content (AvgIpc) is 2.30. The summed E-state index contributed by atoms with van der Waals surface area (Å²) in [4.78, 5) is 0. The zero-order valence-electron chi connectivity index (χ0n) is 9.68. The first-order valence-corrected chi connectivity index (χ1v) is 6.13. The van der Waals surface area contributed by atoms with Crippen LogP contribution in [0.3, 0.4) is 0 Å². The fourth-order valence-corrected chi connectivity index (χ4v) is 2.22. The van der Waals surface area contributed by atoms with Crippen molar-refractivity contribution in [3.8, 4) is 0 Å². The van der Waals surface area contributed by atoms with Gasteiger partial charge in [0.2, 0.25) is 0 Å². The van der Waals surface area contributed by atoms with Gasteiger partial charge in [0.05, 0.1) is 16.7 Å². The van der Waals surface area contributed by atoms with Gasteiger partial charge in [-0.25, -0.2) is 4.39 Å². The van der Waals surface area contributed by atoms with Crippen LogP contribution in [-0.4, -0.2) is 20.3 Å². The van der Waals surface area contributed by atoms with Crippen LogP contribution in [0.2, 0.25) is 10.0 Å². The van der Waals surface area contributed by atoms with Gasteiger partial charge in [0.15, 0.2) is 5.67 Å². The highest BCUT2D eigenvalue weighted by molar-refractivity contribution is 6.42. The Morgan fingerprint density at radius 1 is 1.41 bits per heavy atom. The largest absolute Gasteiger partial charge is 0.381 e. The minimum absolute atomic E-state index is 0.0624. The van der Waals surface area contributed by atoms with E-state index in [1.165, 1.54) is 7.11 Å². The van der Waals surface area contributed by atoms with Crippen LogP contribution in [0.15, 0.2) is 18.2 Å². The maximum Gasteiger partial charge on any atom is 0.160 e. The van der Waals surface area contributed by atoms with Gasteiger partial charge in [-0.15, -0.1) is 0 Å². The van der Waals surface area contributed by atoms with E-state index in [1.807, 2.05) is 0 Å². The first kappa shape index (κ1) is 14.7. The number of methoxy groups -OCH3 is 1. The van der Waals surface area contributed by atoms with Crippen molar-refractivity contribution in [2.24, 2.45) is 5.73 Å². The van der Waals surface area contributed by atoms with Gasteiger partial charge in [-0.05, 0) is 25.5 Å². The van der Waals surface area contributed by atoms with E-state index >= 15 is 0 Å². The Bertz CT molecular complexity index is 376. The molecule has 1 atom stereocenters. The van der Waals surface area contributed by atoms with Crippen LogP contribution in [0.1, 0.15) is 18.4 Å². The predicted octanol–water partition coefficient (Wildman–Crippen LogP) is 3.54. The first-order valence-electron chi connectivity index (χ1n) is 5.37. The molecule has 0 saturated carbocycles. The monoisotopic (exact) mass is 279 g/mol. The molecule has 5 heteroatoms. The Kier molecular flexibility index (Phi) is 5.67. The van der Waals surface area contributed by atoms with Gasteiger partial charge in [-0.2, -0.15) is 0 Å². The number of rotatable bonds is 6. The smallest absolute Gasteiger partial charge is 0.160 e. The molecule has 1 aromatic carbocycles. The molecule has 1 unspecified atom stereocenters. The van der Waals surface area contributed by atoms with Gasteiger partial charge >= 0.3 is 0 Å². The SMILES string of the molecule is COCC(F)(CCCN)c1cccc(Cl)c1Cl. The minimum atomic E-state index is -1.64. The molecule has 2 N–H and O–H groups in total. The summed E-state index contributed by atoms with van der Waals surface area (Å²) in [6.07, 6.45) is 0.820. The highest BCUT2D eigenvalue weighted by atomic mass is 35.5. The zero-order valence-corrected chi connectivity index (χ0v) is 11.2. The summed E-state index contributed by atoms with van der Waals surface area (Å²) in [5.41, 5.74) is 4.13. The van der Waals surface area contributed by atoms with Crippen molar-refractivity contribution in [3.63, 3.8) is 0 Å². The lowest BCUT2D eigenvalue weighted by Crippen LogP contribution is -2.27. The van der Waals surface area contributed by atoms with Crippen LogP contribution in [0.4, 0.5) is 4.39 Å². The van der Waals surface area contributed by atoms with E-state index in [2.05, 4.69) is 0 Å². The summed E-state index contributed by atoms with van der Waals surface area (Å²) in [6, 6.07) is 4.93. The highest BCUT2D eigenvalue weighted by Crippen LogP contribution is 2.38. The van der Waals surface area contributed by atoms with Gasteiger partial charge < -0.3 is 10.5 Å². The molecule has 0 radical (unpaired) electrons. The highest BCUT2D eigenvalue weighted by Gasteiger charge is 2.34. The standard InChI is InChI=1S/C12H16Cl2FNO/c1-17-8-12(15,6-3-7-16)9-4-2-5-10(13)11(9)14/h2,4-5H,3,6-8,16H2,1H3. The molecule has 0 saturated heterocycles. The Morgan fingerprint density at radius 3 is 2.71 bits per heavy atom. The molecule has 0 fully saturated rings. The molecule has 2 nitrogen and oxygen atoms in total. The fraction of sp³-hybridized carbons (Fsp3) is 0.500. The third kappa shape index (κ3) is 3.55. The molecule has 0 spiro atoms. The second-order valence-electron chi connectivity index (χ2n) is 3.89. The lowest BCUT2D eigenvalue weighted by Gasteiger charge is -2.26. The molecule has 96 valence electrons. The molecule has 0 aliphatic heterocycles. The number of ether oxygens (including phenoxy) is 1. The summed E-state index contributed by atoms with van der Waals surface area (Å²) in [5.74, 6) is 0. The zero-order chi connectivity index (χ0) is 12.9. The van der Waals surface area contributed by atoms with Crippen molar-refractivity contribution >= 4 is 23.2 Å². The number of benzene rings is 1. The van der Waals surface area contributed by atoms with Crippen LogP contribution in [0.25, 0.3) is 0 Å². The predicted molar refractivity (Wildman–Crippen MR) is 69.4 cm³/mol. The minimum Gasteiger partial charge on any atom is -0.381 e. The lowest BCUT2D eigenvalue weighted by atomic mass is 9.91. The maximum atomic E-state index is 14.8. The van der Waals surface area contributed by atoms with Crippen molar-refractivity contribution in [2.45, 2.75) is 18.5 Å². The van der Waals surface area contributed by atoms with E-state index in [9.17, 15) is 4.39 Å².